The molecule has 3 rings (SSSR count). The molecule has 132 valence electrons. The van der Waals surface area contributed by atoms with Gasteiger partial charge in [0.15, 0.2) is 0 Å². The van der Waals surface area contributed by atoms with Crippen molar-refractivity contribution in [2.45, 2.75) is 13.3 Å². The molecule has 1 aromatic heterocycles. The first-order valence-corrected chi connectivity index (χ1v) is 8.83. The van der Waals surface area contributed by atoms with E-state index >= 15 is 0 Å². The zero-order valence-corrected chi connectivity index (χ0v) is 14.9. The molecule has 3 N–H and O–H groups in total. The standard InChI is InChI=1S/C19H17N3O3S/c1-12(23)21-22-18(25)16-9-10-26-19(16)20-17(24)11-14-7-4-6-13-5-2-3-8-15(13)14/h2-10H,11H2,1H3,(H,20,24)(H,21,23)(H,22,25). The highest BCUT2D eigenvalue weighted by Crippen LogP contribution is 2.24. The maximum absolute atomic E-state index is 12.5. The van der Waals surface area contributed by atoms with Crippen LogP contribution in [0.3, 0.4) is 0 Å². The number of rotatable bonds is 4. The van der Waals surface area contributed by atoms with Crippen molar-refractivity contribution in [3.05, 3.63) is 65.0 Å². The topological polar surface area (TPSA) is 87.3 Å². The molecule has 0 unspecified atom stereocenters. The van der Waals surface area contributed by atoms with Crippen LogP contribution in [0.2, 0.25) is 0 Å². The van der Waals surface area contributed by atoms with Crippen LogP contribution in [0, 0.1) is 0 Å². The van der Waals surface area contributed by atoms with Crippen LogP contribution >= 0.6 is 11.3 Å². The van der Waals surface area contributed by atoms with Gasteiger partial charge < -0.3 is 5.32 Å². The lowest BCUT2D eigenvalue weighted by Crippen LogP contribution is -2.40. The zero-order chi connectivity index (χ0) is 18.5. The van der Waals surface area contributed by atoms with Crippen molar-refractivity contribution in [3.63, 3.8) is 0 Å². The summed E-state index contributed by atoms with van der Waals surface area (Å²) in [6.45, 7) is 1.29. The van der Waals surface area contributed by atoms with E-state index in [1.807, 2.05) is 42.5 Å². The number of carbonyl (C=O) groups excluding carboxylic acids is 3. The van der Waals surface area contributed by atoms with Gasteiger partial charge in [0.1, 0.15) is 5.00 Å². The zero-order valence-electron chi connectivity index (χ0n) is 14.0. The third kappa shape index (κ3) is 4.07. The van der Waals surface area contributed by atoms with E-state index in [0.717, 1.165) is 16.3 Å². The lowest BCUT2D eigenvalue weighted by Gasteiger charge is -2.09. The second kappa shape index (κ2) is 7.79. The Morgan fingerprint density at radius 3 is 2.54 bits per heavy atom. The second-order valence-electron chi connectivity index (χ2n) is 5.66. The molecule has 0 saturated heterocycles. The Bertz CT molecular complexity index is 976. The van der Waals surface area contributed by atoms with Crippen LogP contribution in [-0.2, 0) is 16.0 Å². The van der Waals surface area contributed by atoms with Crippen LogP contribution in [0.1, 0.15) is 22.8 Å². The molecule has 3 aromatic rings. The van der Waals surface area contributed by atoms with Gasteiger partial charge in [-0.3, -0.25) is 25.2 Å². The fourth-order valence-corrected chi connectivity index (χ4v) is 3.39. The first-order valence-electron chi connectivity index (χ1n) is 7.95. The average molecular weight is 367 g/mol. The number of hydrogen-bond donors (Lipinski definition) is 3. The normalized spacial score (nSPS) is 10.3. The largest absolute Gasteiger partial charge is 0.317 e. The van der Waals surface area contributed by atoms with Crippen LogP contribution < -0.4 is 16.2 Å². The van der Waals surface area contributed by atoms with Gasteiger partial charge >= 0.3 is 0 Å². The van der Waals surface area contributed by atoms with Crippen molar-refractivity contribution in [1.29, 1.82) is 0 Å². The summed E-state index contributed by atoms with van der Waals surface area (Å²) in [4.78, 5) is 35.4. The molecule has 0 aliphatic rings. The minimum atomic E-state index is -0.484. The van der Waals surface area contributed by atoms with Crippen LogP contribution in [-0.4, -0.2) is 17.7 Å². The van der Waals surface area contributed by atoms with Crippen molar-refractivity contribution in [1.82, 2.24) is 10.9 Å². The van der Waals surface area contributed by atoms with Crippen molar-refractivity contribution in [2.24, 2.45) is 0 Å². The molecule has 2 aromatic carbocycles. The number of thiophene rings is 1. The third-order valence-corrected chi connectivity index (χ3v) is 4.58. The number of anilines is 1. The van der Waals surface area contributed by atoms with E-state index in [1.165, 1.54) is 18.3 Å². The molecule has 0 saturated carbocycles. The molecule has 0 fully saturated rings. The lowest BCUT2D eigenvalue weighted by molar-refractivity contribution is -0.119. The maximum atomic E-state index is 12.5. The molecule has 7 heteroatoms. The Morgan fingerprint density at radius 2 is 1.73 bits per heavy atom. The Balaban J connectivity index is 1.72. The Morgan fingerprint density at radius 1 is 0.962 bits per heavy atom. The van der Waals surface area contributed by atoms with Gasteiger partial charge in [-0.25, -0.2) is 0 Å². The Hall–Kier alpha value is -3.19. The van der Waals surface area contributed by atoms with E-state index in [9.17, 15) is 14.4 Å². The second-order valence-corrected chi connectivity index (χ2v) is 6.58. The van der Waals surface area contributed by atoms with Crippen LogP contribution in [0.25, 0.3) is 10.8 Å². The molecule has 1 heterocycles. The predicted octanol–water partition coefficient (Wildman–Crippen LogP) is 2.86. The summed E-state index contributed by atoms with van der Waals surface area (Å²) < 4.78 is 0. The molecule has 0 bridgehead atoms. The van der Waals surface area contributed by atoms with Gasteiger partial charge in [-0.15, -0.1) is 11.3 Å². The molecule has 0 spiro atoms. The lowest BCUT2D eigenvalue weighted by atomic mass is 10.0. The van der Waals surface area contributed by atoms with E-state index in [-0.39, 0.29) is 18.2 Å². The first kappa shape index (κ1) is 17.6. The van der Waals surface area contributed by atoms with Gasteiger partial charge in [0, 0.05) is 6.92 Å². The first-order chi connectivity index (χ1) is 12.5. The fraction of sp³-hybridized carbons (Fsp3) is 0.105. The molecular formula is C19H17N3O3S. The van der Waals surface area contributed by atoms with E-state index in [0.29, 0.717) is 10.6 Å². The van der Waals surface area contributed by atoms with Crippen LogP contribution in [0.4, 0.5) is 5.00 Å². The summed E-state index contributed by atoms with van der Waals surface area (Å²) >= 11 is 1.25. The minimum absolute atomic E-state index is 0.200. The van der Waals surface area contributed by atoms with Crippen molar-refractivity contribution in [3.8, 4) is 0 Å². The monoisotopic (exact) mass is 367 g/mol. The number of hydrazine groups is 1. The Labute approximate surface area is 154 Å². The summed E-state index contributed by atoms with van der Waals surface area (Å²) in [7, 11) is 0. The van der Waals surface area contributed by atoms with Crippen LogP contribution in [0.5, 0.6) is 0 Å². The summed E-state index contributed by atoms with van der Waals surface area (Å²) in [5, 5.41) is 7.03. The molecule has 0 atom stereocenters. The highest BCUT2D eigenvalue weighted by molar-refractivity contribution is 7.14. The van der Waals surface area contributed by atoms with Gasteiger partial charge in [-0.1, -0.05) is 42.5 Å². The minimum Gasteiger partial charge on any atom is -0.317 e. The molecule has 6 nitrogen and oxygen atoms in total. The quantitative estimate of drug-likeness (QED) is 0.620. The van der Waals surface area contributed by atoms with Gasteiger partial charge in [0.05, 0.1) is 12.0 Å². The summed E-state index contributed by atoms with van der Waals surface area (Å²) in [5.41, 5.74) is 5.74. The molecule has 0 aliphatic heterocycles. The third-order valence-electron chi connectivity index (χ3n) is 3.75. The van der Waals surface area contributed by atoms with E-state index in [1.54, 1.807) is 11.4 Å². The molecule has 0 radical (unpaired) electrons. The summed E-state index contributed by atoms with van der Waals surface area (Å²) in [6.07, 6.45) is 0.200. The van der Waals surface area contributed by atoms with E-state index in [4.69, 9.17) is 0 Å². The predicted molar refractivity (Wildman–Crippen MR) is 102 cm³/mol. The maximum Gasteiger partial charge on any atom is 0.272 e. The SMILES string of the molecule is CC(=O)NNC(=O)c1ccsc1NC(=O)Cc1cccc2ccccc12. The van der Waals surface area contributed by atoms with Gasteiger partial charge in [-0.05, 0) is 27.8 Å². The van der Waals surface area contributed by atoms with Crippen molar-refractivity contribution < 1.29 is 14.4 Å². The van der Waals surface area contributed by atoms with E-state index in [2.05, 4.69) is 16.2 Å². The fourth-order valence-electron chi connectivity index (χ4n) is 2.59. The average Bonchev–Trinajstić information content (AvgIpc) is 3.08. The number of hydrogen-bond acceptors (Lipinski definition) is 4. The number of carbonyl (C=O) groups is 3. The van der Waals surface area contributed by atoms with Crippen molar-refractivity contribution in [2.75, 3.05) is 5.32 Å². The number of fused-ring (bicyclic) bond motifs is 1. The Kier molecular flexibility index (Phi) is 5.28. The summed E-state index contributed by atoms with van der Waals surface area (Å²) in [6, 6.07) is 15.3. The summed E-state index contributed by atoms with van der Waals surface area (Å²) in [5.74, 6) is -1.07. The van der Waals surface area contributed by atoms with Gasteiger partial charge in [0.2, 0.25) is 11.8 Å². The number of amides is 3. The smallest absolute Gasteiger partial charge is 0.272 e. The highest BCUT2D eigenvalue weighted by atomic mass is 32.1. The van der Waals surface area contributed by atoms with E-state index < -0.39 is 5.91 Å². The number of benzene rings is 2. The van der Waals surface area contributed by atoms with Gasteiger partial charge in [-0.2, -0.15) is 0 Å². The highest BCUT2D eigenvalue weighted by Gasteiger charge is 2.16. The van der Waals surface area contributed by atoms with Crippen molar-refractivity contribution >= 4 is 44.8 Å². The molecular weight excluding hydrogens is 350 g/mol. The number of nitrogens with one attached hydrogen (secondary N) is 3. The molecule has 26 heavy (non-hydrogen) atoms. The van der Waals surface area contributed by atoms with Gasteiger partial charge in [0.25, 0.3) is 5.91 Å². The van der Waals surface area contributed by atoms with Crippen LogP contribution in [0.15, 0.2) is 53.9 Å². The molecule has 3 amide bonds. The molecule has 0 aliphatic carbocycles.